The fraction of sp³-hybridized carbons (Fsp3) is 0.182. The quantitative estimate of drug-likeness (QED) is 0.346. The molecule has 0 saturated heterocycles. The minimum atomic E-state index is -0.746. The number of hydrogen-bond acceptors (Lipinski definition) is 5. The summed E-state index contributed by atoms with van der Waals surface area (Å²) in [5, 5.41) is 10.7. The van der Waals surface area contributed by atoms with E-state index in [1.54, 1.807) is 6.08 Å². The molecular formula is C11H11NO5. The van der Waals surface area contributed by atoms with E-state index >= 15 is 0 Å². The Morgan fingerprint density at radius 2 is 2.12 bits per heavy atom. The summed E-state index contributed by atoms with van der Waals surface area (Å²) < 4.78 is 9.21. The lowest BCUT2D eigenvalue weighted by atomic mass is 10.1. The molecule has 0 fully saturated rings. The second-order valence-corrected chi connectivity index (χ2v) is 3.06. The highest BCUT2D eigenvalue weighted by atomic mass is 16.6. The van der Waals surface area contributed by atoms with Gasteiger partial charge in [0.2, 0.25) is 0 Å². The molecule has 1 rings (SSSR count). The van der Waals surface area contributed by atoms with E-state index in [4.69, 9.17) is 4.74 Å². The molecule has 0 N–H and O–H groups in total. The molecule has 6 heteroatoms. The Labute approximate surface area is 97.6 Å². The molecule has 0 aliphatic rings. The highest BCUT2D eigenvalue weighted by Crippen LogP contribution is 2.21. The van der Waals surface area contributed by atoms with Gasteiger partial charge in [0.25, 0.3) is 5.69 Å². The van der Waals surface area contributed by atoms with Crippen LogP contribution in [0.2, 0.25) is 0 Å². The zero-order valence-electron chi connectivity index (χ0n) is 9.38. The lowest BCUT2D eigenvalue weighted by Crippen LogP contribution is -2.05. The third kappa shape index (κ3) is 3.04. The Balaban J connectivity index is 3.24. The third-order valence-corrected chi connectivity index (χ3v) is 2.02. The maximum absolute atomic E-state index is 11.4. The van der Waals surface area contributed by atoms with Crippen LogP contribution < -0.4 is 0 Å². The van der Waals surface area contributed by atoms with Crippen molar-refractivity contribution in [1.82, 2.24) is 0 Å². The molecule has 0 atom stereocenters. The maximum atomic E-state index is 11.4. The summed E-state index contributed by atoms with van der Waals surface area (Å²) in [5.74, 6) is -0.746. The van der Waals surface area contributed by atoms with E-state index in [9.17, 15) is 14.9 Å². The van der Waals surface area contributed by atoms with E-state index in [2.05, 4.69) is 4.74 Å². The Bertz CT molecular complexity index is 467. The average molecular weight is 237 g/mol. The second-order valence-electron chi connectivity index (χ2n) is 3.06. The van der Waals surface area contributed by atoms with E-state index < -0.39 is 10.9 Å². The van der Waals surface area contributed by atoms with Crippen molar-refractivity contribution >= 4 is 17.7 Å². The first-order chi connectivity index (χ1) is 8.10. The molecule has 0 radical (unpaired) electrons. The number of nitrogens with zero attached hydrogens (tertiary/aromatic N) is 1. The van der Waals surface area contributed by atoms with Crippen LogP contribution in [0.15, 0.2) is 24.5 Å². The first kappa shape index (κ1) is 12.7. The number of carbonyl (C=O) groups excluding carboxylic acids is 1. The zero-order chi connectivity index (χ0) is 12.8. The Hall–Kier alpha value is -2.37. The van der Waals surface area contributed by atoms with E-state index in [0.717, 1.165) is 0 Å². The van der Waals surface area contributed by atoms with Crippen molar-refractivity contribution in [3.8, 4) is 0 Å². The Morgan fingerprint density at radius 1 is 1.41 bits per heavy atom. The summed E-state index contributed by atoms with van der Waals surface area (Å²) in [6.07, 6.45) is 2.98. The monoisotopic (exact) mass is 237 g/mol. The van der Waals surface area contributed by atoms with Gasteiger partial charge in [0, 0.05) is 6.07 Å². The third-order valence-electron chi connectivity index (χ3n) is 2.02. The topological polar surface area (TPSA) is 78.7 Å². The van der Waals surface area contributed by atoms with Crippen molar-refractivity contribution in [2.75, 3.05) is 14.2 Å². The van der Waals surface area contributed by atoms with Gasteiger partial charge in [-0.3, -0.25) is 10.1 Å². The van der Waals surface area contributed by atoms with Crippen LogP contribution in [0.5, 0.6) is 0 Å². The average Bonchev–Trinajstić information content (AvgIpc) is 2.34. The molecule has 0 aromatic heterocycles. The smallest absolute Gasteiger partial charge is 0.344 e. The molecule has 0 unspecified atom stereocenters. The fourth-order valence-corrected chi connectivity index (χ4v) is 1.24. The number of ether oxygens (including phenoxy) is 2. The van der Waals surface area contributed by atoms with Gasteiger partial charge in [-0.1, -0.05) is 0 Å². The van der Waals surface area contributed by atoms with Gasteiger partial charge in [-0.25, -0.2) is 4.79 Å². The van der Waals surface area contributed by atoms with Gasteiger partial charge in [-0.2, -0.15) is 0 Å². The summed E-state index contributed by atoms with van der Waals surface area (Å²) in [5.41, 5.74) is 0.236. The van der Waals surface area contributed by atoms with Gasteiger partial charge in [-0.15, -0.1) is 0 Å². The fourth-order valence-electron chi connectivity index (χ4n) is 1.24. The van der Waals surface area contributed by atoms with E-state index in [-0.39, 0.29) is 11.3 Å². The number of hydrogen-bond donors (Lipinski definition) is 0. The maximum Gasteiger partial charge on any atom is 0.344 e. The van der Waals surface area contributed by atoms with Gasteiger partial charge in [0.05, 0.1) is 25.4 Å². The van der Waals surface area contributed by atoms with Crippen LogP contribution in [0, 0.1) is 10.1 Å². The summed E-state index contributed by atoms with van der Waals surface area (Å²) in [4.78, 5) is 21.5. The van der Waals surface area contributed by atoms with Crippen LogP contribution in [0.1, 0.15) is 15.9 Å². The van der Waals surface area contributed by atoms with Crippen LogP contribution in [0.4, 0.5) is 5.69 Å². The van der Waals surface area contributed by atoms with Crippen molar-refractivity contribution in [3.05, 3.63) is 45.7 Å². The number of methoxy groups -OCH3 is 2. The number of nitro benzene ring substituents is 1. The highest BCUT2D eigenvalue weighted by Gasteiger charge is 2.20. The number of benzene rings is 1. The van der Waals surface area contributed by atoms with Gasteiger partial charge >= 0.3 is 5.97 Å². The minimum Gasteiger partial charge on any atom is -0.504 e. The van der Waals surface area contributed by atoms with Gasteiger partial charge in [0.15, 0.2) is 0 Å². The standard InChI is InChI=1S/C11H11NO5/c1-16-6-5-8-3-4-10(12(14)15)9(7-8)11(13)17-2/h3-7H,1-2H3/b6-5+. The number of carbonyl (C=O) groups is 1. The van der Waals surface area contributed by atoms with Crippen molar-refractivity contribution in [3.63, 3.8) is 0 Å². The molecule has 17 heavy (non-hydrogen) atoms. The van der Waals surface area contributed by atoms with Gasteiger partial charge in [-0.05, 0) is 23.8 Å². The van der Waals surface area contributed by atoms with Crippen LogP contribution in [0.25, 0.3) is 6.08 Å². The molecule has 1 aromatic carbocycles. The number of nitro groups is 1. The van der Waals surface area contributed by atoms with Crippen molar-refractivity contribution in [2.45, 2.75) is 0 Å². The lowest BCUT2D eigenvalue weighted by molar-refractivity contribution is -0.385. The number of rotatable bonds is 4. The molecule has 0 spiro atoms. The van der Waals surface area contributed by atoms with Crippen LogP contribution in [-0.4, -0.2) is 25.1 Å². The normalized spacial score (nSPS) is 10.2. The molecule has 6 nitrogen and oxygen atoms in total. The summed E-state index contributed by atoms with van der Waals surface area (Å²) in [7, 11) is 2.65. The van der Waals surface area contributed by atoms with E-state index in [1.165, 1.54) is 38.7 Å². The molecule has 0 heterocycles. The van der Waals surface area contributed by atoms with Gasteiger partial charge < -0.3 is 9.47 Å². The predicted octanol–water partition coefficient (Wildman–Crippen LogP) is 2.00. The van der Waals surface area contributed by atoms with Crippen molar-refractivity contribution in [1.29, 1.82) is 0 Å². The first-order valence-corrected chi connectivity index (χ1v) is 4.66. The zero-order valence-corrected chi connectivity index (χ0v) is 9.38. The van der Waals surface area contributed by atoms with Crippen molar-refractivity contribution in [2.24, 2.45) is 0 Å². The van der Waals surface area contributed by atoms with Crippen LogP contribution >= 0.6 is 0 Å². The van der Waals surface area contributed by atoms with Crippen LogP contribution in [0.3, 0.4) is 0 Å². The largest absolute Gasteiger partial charge is 0.504 e. The predicted molar refractivity (Wildman–Crippen MR) is 60.5 cm³/mol. The molecular weight excluding hydrogens is 226 g/mol. The van der Waals surface area contributed by atoms with E-state index in [1.807, 2.05) is 0 Å². The molecule has 0 saturated carbocycles. The molecule has 0 amide bonds. The first-order valence-electron chi connectivity index (χ1n) is 4.66. The number of esters is 1. The summed E-state index contributed by atoms with van der Waals surface area (Å²) in [6.45, 7) is 0. The molecule has 0 aliphatic carbocycles. The highest BCUT2D eigenvalue weighted by molar-refractivity contribution is 5.94. The molecule has 0 bridgehead atoms. The lowest BCUT2D eigenvalue weighted by Gasteiger charge is -2.02. The van der Waals surface area contributed by atoms with Gasteiger partial charge in [0.1, 0.15) is 5.56 Å². The SMILES string of the molecule is CO/C=C/c1ccc([N+](=O)[O-])c(C(=O)OC)c1. The van der Waals surface area contributed by atoms with Crippen molar-refractivity contribution < 1.29 is 19.2 Å². The second kappa shape index (κ2) is 5.64. The van der Waals surface area contributed by atoms with E-state index in [0.29, 0.717) is 5.56 Å². The molecule has 0 aliphatic heterocycles. The van der Waals surface area contributed by atoms with Crippen LogP contribution in [-0.2, 0) is 9.47 Å². The Kier molecular flexibility index (Phi) is 4.21. The Morgan fingerprint density at radius 3 is 2.65 bits per heavy atom. The minimum absolute atomic E-state index is 0.0873. The molecule has 1 aromatic rings. The molecule has 90 valence electrons. The summed E-state index contributed by atoms with van der Waals surface area (Å²) >= 11 is 0. The summed E-state index contributed by atoms with van der Waals surface area (Å²) in [6, 6.07) is 4.14.